The molecule has 0 aliphatic heterocycles. The van der Waals surface area contributed by atoms with Crippen molar-refractivity contribution in [3.8, 4) is 11.5 Å². The predicted octanol–water partition coefficient (Wildman–Crippen LogP) is 5.58. The SMILES string of the molecule is CC(C)(C)c1ccc(Oc2ccnc(C3CCC3)c2)cc1F. The summed E-state index contributed by atoms with van der Waals surface area (Å²) >= 11 is 0. The lowest BCUT2D eigenvalue weighted by atomic mass is 9.83. The first-order chi connectivity index (χ1) is 10.4. The Labute approximate surface area is 131 Å². The van der Waals surface area contributed by atoms with E-state index in [9.17, 15) is 4.39 Å². The topological polar surface area (TPSA) is 22.1 Å². The van der Waals surface area contributed by atoms with Crippen molar-refractivity contribution in [1.29, 1.82) is 0 Å². The molecule has 1 aliphatic rings. The van der Waals surface area contributed by atoms with Gasteiger partial charge in [-0.1, -0.05) is 33.3 Å². The second kappa shape index (κ2) is 5.71. The average Bonchev–Trinajstić information content (AvgIpc) is 2.35. The first-order valence-corrected chi connectivity index (χ1v) is 7.87. The van der Waals surface area contributed by atoms with Gasteiger partial charge in [-0.05, 0) is 36.0 Å². The van der Waals surface area contributed by atoms with Gasteiger partial charge in [-0.25, -0.2) is 4.39 Å². The lowest BCUT2D eigenvalue weighted by Crippen LogP contribution is -2.13. The van der Waals surface area contributed by atoms with Crippen LogP contribution in [0.25, 0.3) is 0 Å². The standard InChI is InChI=1S/C19H22FNO/c1-19(2,3)16-8-7-14(11-17(16)20)22-15-9-10-21-18(12-15)13-5-4-6-13/h7-13H,4-6H2,1-3H3. The van der Waals surface area contributed by atoms with Gasteiger partial charge in [0.25, 0.3) is 0 Å². The Kier molecular flexibility index (Phi) is 3.90. The molecule has 1 aromatic heterocycles. The summed E-state index contributed by atoms with van der Waals surface area (Å²) in [7, 11) is 0. The van der Waals surface area contributed by atoms with Crippen LogP contribution in [0.5, 0.6) is 11.5 Å². The minimum atomic E-state index is -0.224. The van der Waals surface area contributed by atoms with Crippen LogP contribution in [0.2, 0.25) is 0 Å². The Balaban J connectivity index is 1.80. The van der Waals surface area contributed by atoms with Crippen LogP contribution in [0.4, 0.5) is 4.39 Å². The second-order valence-electron chi connectivity index (χ2n) is 7.04. The minimum absolute atomic E-state index is 0.212. The third-order valence-electron chi connectivity index (χ3n) is 4.26. The molecule has 116 valence electrons. The van der Waals surface area contributed by atoms with Crippen molar-refractivity contribution < 1.29 is 9.13 Å². The van der Waals surface area contributed by atoms with Gasteiger partial charge in [-0.15, -0.1) is 0 Å². The van der Waals surface area contributed by atoms with Crippen LogP contribution in [0, 0.1) is 5.82 Å². The van der Waals surface area contributed by atoms with Crippen LogP contribution in [-0.4, -0.2) is 4.98 Å². The fourth-order valence-electron chi connectivity index (χ4n) is 2.72. The van der Waals surface area contributed by atoms with E-state index in [1.54, 1.807) is 12.3 Å². The summed E-state index contributed by atoms with van der Waals surface area (Å²) < 4.78 is 20.0. The summed E-state index contributed by atoms with van der Waals surface area (Å²) in [6.45, 7) is 6.00. The van der Waals surface area contributed by atoms with Crippen LogP contribution >= 0.6 is 0 Å². The quantitative estimate of drug-likeness (QED) is 0.738. The number of hydrogen-bond acceptors (Lipinski definition) is 2. The number of pyridine rings is 1. The molecular formula is C19H22FNO. The van der Waals surface area contributed by atoms with Crippen molar-refractivity contribution in [2.75, 3.05) is 0 Å². The van der Waals surface area contributed by atoms with E-state index in [1.165, 1.54) is 25.3 Å². The zero-order valence-corrected chi connectivity index (χ0v) is 13.4. The Morgan fingerprint density at radius 1 is 1.09 bits per heavy atom. The van der Waals surface area contributed by atoms with Crippen LogP contribution in [0.3, 0.4) is 0 Å². The summed E-state index contributed by atoms with van der Waals surface area (Å²) in [6, 6.07) is 8.88. The average molecular weight is 299 g/mol. The van der Waals surface area contributed by atoms with Gasteiger partial charge in [0.1, 0.15) is 17.3 Å². The van der Waals surface area contributed by atoms with E-state index in [2.05, 4.69) is 4.98 Å². The maximum atomic E-state index is 14.2. The van der Waals surface area contributed by atoms with Gasteiger partial charge >= 0.3 is 0 Å². The van der Waals surface area contributed by atoms with Crippen molar-refractivity contribution in [2.45, 2.75) is 51.4 Å². The van der Waals surface area contributed by atoms with E-state index in [0.717, 1.165) is 11.4 Å². The van der Waals surface area contributed by atoms with Gasteiger partial charge in [0, 0.05) is 29.9 Å². The molecule has 3 rings (SSSR count). The Morgan fingerprint density at radius 3 is 2.41 bits per heavy atom. The third-order valence-corrected chi connectivity index (χ3v) is 4.26. The molecule has 22 heavy (non-hydrogen) atoms. The van der Waals surface area contributed by atoms with Crippen molar-refractivity contribution in [1.82, 2.24) is 4.98 Å². The molecule has 2 aromatic rings. The van der Waals surface area contributed by atoms with Gasteiger partial charge < -0.3 is 4.74 Å². The number of hydrogen-bond donors (Lipinski definition) is 0. The van der Waals surface area contributed by atoms with Gasteiger partial charge in [-0.2, -0.15) is 0 Å². The van der Waals surface area contributed by atoms with E-state index in [0.29, 0.717) is 17.2 Å². The monoisotopic (exact) mass is 299 g/mol. The fourth-order valence-corrected chi connectivity index (χ4v) is 2.72. The van der Waals surface area contributed by atoms with Crippen LogP contribution in [0.15, 0.2) is 36.5 Å². The Hall–Kier alpha value is -1.90. The highest BCUT2D eigenvalue weighted by Crippen LogP contribution is 2.37. The normalized spacial score (nSPS) is 15.5. The highest BCUT2D eigenvalue weighted by Gasteiger charge is 2.21. The predicted molar refractivity (Wildman–Crippen MR) is 86.0 cm³/mol. The third kappa shape index (κ3) is 3.13. The molecule has 0 atom stereocenters. The lowest BCUT2D eigenvalue weighted by Gasteiger charge is -2.24. The molecule has 0 radical (unpaired) electrons. The number of benzene rings is 1. The van der Waals surface area contributed by atoms with Gasteiger partial charge in [-0.3, -0.25) is 4.98 Å². The van der Waals surface area contributed by atoms with Crippen molar-refractivity contribution in [3.63, 3.8) is 0 Å². The number of nitrogens with zero attached hydrogens (tertiary/aromatic N) is 1. The van der Waals surface area contributed by atoms with Crippen LogP contribution < -0.4 is 4.74 Å². The highest BCUT2D eigenvalue weighted by atomic mass is 19.1. The molecule has 0 saturated heterocycles. The van der Waals surface area contributed by atoms with E-state index in [-0.39, 0.29) is 11.2 Å². The molecule has 3 heteroatoms. The molecule has 0 spiro atoms. The van der Waals surface area contributed by atoms with Crippen molar-refractivity contribution in [3.05, 3.63) is 53.6 Å². The lowest BCUT2D eigenvalue weighted by molar-refractivity contribution is 0.407. The molecule has 1 fully saturated rings. The zero-order valence-electron chi connectivity index (χ0n) is 13.4. The molecule has 1 heterocycles. The fraction of sp³-hybridized carbons (Fsp3) is 0.421. The Bertz CT molecular complexity index is 671. The summed E-state index contributed by atoms with van der Waals surface area (Å²) in [5.41, 5.74) is 1.57. The van der Waals surface area contributed by atoms with Crippen molar-refractivity contribution >= 4 is 0 Å². The van der Waals surface area contributed by atoms with E-state index < -0.39 is 0 Å². The van der Waals surface area contributed by atoms with Gasteiger partial charge in [0.05, 0.1) is 0 Å². The molecule has 2 nitrogen and oxygen atoms in total. The van der Waals surface area contributed by atoms with Crippen molar-refractivity contribution in [2.24, 2.45) is 0 Å². The van der Waals surface area contributed by atoms with E-state index in [4.69, 9.17) is 4.74 Å². The highest BCUT2D eigenvalue weighted by molar-refractivity contribution is 5.36. The van der Waals surface area contributed by atoms with Gasteiger partial charge in [0.2, 0.25) is 0 Å². The summed E-state index contributed by atoms with van der Waals surface area (Å²) in [4.78, 5) is 4.41. The van der Waals surface area contributed by atoms with Crippen LogP contribution in [-0.2, 0) is 5.41 Å². The largest absolute Gasteiger partial charge is 0.457 e. The molecule has 0 amide bonds. The first-order valence-electron chi connectivity index (χ1n) is 7.87. The number of ether oxygens (including phenoxy) is 1. The maximum absolute atomic E-state index is 14.2. The summed E-state index contributed by atoms with van der Waals surface area (Å²) in [5.74, 6) is 1.58. The van der Waals surface area contributed by atoms with E-state index >= 15 is 0 Å². The molecular weight excluding hydrogens is 277 g/mol. The molecule has 0 bridgehead atoms. The Morgan fingerprint density at radius 2 is 1.82 bits per heavy atom. The molecule has 0 unspecified atom stereocenters. The molecule has 1 aromatic carbocycles. The number of aromatic nitrogens is 1. The zero-order chi connectivity index (χ0) is 15.7. The van der Waals surface area contributed by atoms with Gasteiger partial charge in [0.15, 0.2) is 0 Å². The summed E-state index contributed by atoms with van der Waals surface area (Å²) in [6.07, 6.45) is 5.44. The summed E-state index contributed by atoms with van der Waals surface area (Å²) in [5, 5.41) is 0. The number of rotatable bonds is 3. The second-order valence-corrected chi connectivity index (χ2v) is 7.04. The smallest absolute Gasteiger partial charge is 0.130 e. The van der Waals surface area contributed by atoms with Crippen LogP contribution in [0.1, 0.15) is 57.2 Å². The molecule has 0 N–H and O–H groups in total. The number of halogens is 1. The van der Waals surface area contributed by atoms with E-state index in [1.807, 2.05) is 39.0 Å². The molecule has 1 aliphatic carbocycles. The minimum Gasteiger partial charge on any atom is -0.457 e. The maximum Gasteiger partial charge on any atom is 0.130 e. The first kappa shape index (κ1) is 15.0. The molecule has 1 saturated carbocycles.